The fourth-order valence-corrected chi connectivity index (χ4v) is 1.76. The minimum atomic E-state index is -0.303. The number of ether oxygens (including phenoxy) is 1. The molecular weight excluding hydrogens is 208 g/mol. The minimum absolute atomic E-state index is 0.0490. The highest BCUT2D eigenvalue weighted by Crippen LogP contribution is 2.35. The van der Waals surface area contributed by atoms with Gasteiger partial charge in [0.25, 0.3) is 0 Å². The van der Waals surface area contributed by atoms with E-state index >= 15 is 0 Å². The number of fused-ring (bicyclic) bond motifs is 1. The van der Waals surface area contributed by atoms with Crippen molar-refractivity contribution in [1.82, 2.24) is 0 Å². The lowest BCUT2D eigenvalue weighted by molar-refractivity contribution is 0.0991. The molecular formula is C12H10O4. The Morgan fingerprint density at radius 3 is 2.44 bits per heavy atom. The van der Waals surface area contributed by atoms with Gasteiger partial charge in [0.1, 0.15) is 11.5 Å². The van der Waals surface area contributed by atoms with Crippen molar-refractivity contribution in [3.8, 4) is 11.5 Å². The molecule has 1 aromatic rings. The van der Waals surface area contributed by atoms with Crippen LogP contribution in [-0.2, 0) is 0 Å². The summed E-state index contributed by atoms with van der Waals surface area (Å²) in [6.07, 6.45) is 2.41. The summed E-state index contributed by atoms with van der Waals surface area (Å²) in [5.74, 6) is -0.373. The summed E-state index contributed by atoms with van der Waals surface area (Å²) >= 11 is 0. The number of carbonyl (C=O) groups is 2. The van der Waals surface area contributed by atoms with E-state index in [1.54, 1.807) is 6.92 Å². The van der Waals surface area contributed by atoms with Crippen molar-refractivity contribution in [2.45, 2.75) is 6.92 Å². The zero-order valence-electron chi connectivity index (χ0n) is 8.90. The summed E-state index contributed by atoms with van der Waals surface area (Å²) in [6, 6.07) is 1.30. The Morgan fingerprint density at radius 1 is 1.19 bits per heavy atom. The molecule has 0 saturated carbocycles. The highest BCUT2D eigenvalue weighted by Gasteiger charge is 2.26. The molecule has 0 atom stereocenters. The van der Waals surface area contributed by atoms with Crippen LogP contribution in [0.15, 0.2) is 18.2 Å². The second kappa shape index (κ2) is 3.48. The predicted octanol–water partition coefficient (Wildman–Crippen LogP) is 1.64. The van der Waals surface area contributed by atoms with Crippen molar-refractivity contribution in [2.75, 3.05) is 7.11 Å². The van der Waals surface area contributed by atoms with E-state index in [4.69, 9.17) is 4.74 Å². The smallest absolute Gasteiger partial charge is 0.190 e. The van der Waals surface area contributed by atoms with Crippen molar-refractivity contribution in [1.29, 1.82) is 0 Å². The van der Waals surface area contributed by atoms with E-state index in [1.165, 1.54) is 25.3 Å². The summed E-state index contributed by atoms with van der Waals surface area (Å²) in [5.41, 5.74) is 0.871. The summed E-state index contributed by atoms with van der Waals surface area (Å²) in [5, 5.41) is 9.62. The molecule has 0 bridgehead atoms. The standard InChI is InChI=1S/C12H10O4/c1-6-10(15)5-7-8(13)3-4-9(14)11(7)12(6)16-2/h3-5,15H,1-2H3. The van der Waals surface area contributed by atoms with Gasteiger partial charge < -0.3 is 9.84 Å². The molecule has 1 aromatic carbocycles. The molecule has 82 valence electrons. The molecule has 0 fully saturated rings. The van der Waals surface area contributed by atoms with Gasteiger partial charge in [-0.2, -0.15) is 0 Å². The van der Waals surface area contributed by atoms with Gasteiger partial charge in [-0.3, -0.25) is 9.59 Å². The van der Waals surface area contributed by atoms with E-state index in [0.29, 0.717) is 5.56 Å². The third-order valence-corrected chi connectivity index (χ3v) is 2.60. The quantitative estimate of drug-likeness (QED) is 0.778. The van der Waals surface area contributed by atoms with Gasteiger partial charge in [0, 0.05) is 11.1 Å². The Bertz CT molecular complexity index is 526. The molecule has 2 rings (SSSR count). The molecule has 4 nitrogen and oxygen atoms in total. The fraction of sp³-hybridized carbons (Fsp3) is 0.167. The number of carbonyl (C=O) groups excluding carboxylic acids is 2. The number of phenolic OH excluding ortho intramolecular Hbond substituents is 1. The highest BCUT2D eigenvalue weighted by molar-refractivity contribution is 6.23. The molecule has 0 unspecified atom stereocenters. The van der Waals surface area contributed by atoms with Crippen LogP contribution in [0.2, 0.25) is 0 Å². The molecule has 0 aromatic heterocycles. The second-order valence-electron chi connectivity index (χ2n) is 3.54. The molecule has 16 heavy (non-hydrogen) atoms. The second-order valence-corrected chi connectivity index (χ2v) is 3.54. The normalized spacial score (nSPS) is 13.9. The van der Waals surface area contributed by atoms with Crippen LogP contribution in [0.1, 0.15) is 26.3 Å². The Balaban J connectivity index is 2.83. The lowest BCUT2D eigenvalue weighted by atomic mass is 9.91. The lowest BCUT2D eigenvalue weighted by Gasteiger charge is -2.16. The molecule has 0 radical (unpaired) electrons. The Hall–Kier alpha value is -2.10. The van der Waals surface area contributed by atoms with E-state index in [0.717, 1.165) is 0 Å². The van der Waals surface area contributed by atoms with Crippen molar-refractivity contribution in [2.24, 2.45) is 0 Å². The first-order valence-electron chi connectivity index (χ1n) is 4.73. The van der Waals surface area contributed by atoms with E-state index in [-0.39, 0.29) is 34.2 Å². The average molecular weight is 218 g/mol. The van der Waals surface area contributed by atoms with Crippen LogP contribution in [0.3, 0.4) is 0 Å². The van der Waals surface area contributed by atoms with Crippen molar-refractivity contribution < 1.29 is 19.4 Å². The number of methoxy groups -OCH3 is 1. The fourth-order valence-electron chi connectivity index (χ4n) is 1.76. The first-order chi connectivity index (χ1) is 7.56. The van der Waals surface area contributed by atoms with Gasteiger partial charge in [-0.05, 0) is 25.1 Å². The van der Waals surface area contributed by atoms with Crippen LogP contribution in [0.4, 0.5) is 0 Å². The number of hydrogen-bond acceptors (Lipinski definition) is 4. The zero-order valence-corrected chi connectivity index (χ0v) is 8.90. The van der Waals surface area contributed by atoms with E-state index in [9.17, 15) is 14.7 Å². The molecule has 0 saturated heterocycles. The SMILES string of the molecule is COc1c(C)c(O)cc2c1C(=O)C=CC2=O. The molecule has 0 amide bonds. The summed E-state index contributed by atoms with van der Waals surface area (Å²) in [7, 11) is 1.40. The van der Waals surface area contributed by atoms with Gasteiger partial charge in [-0.25, -0.2) is 0 Å². The number of ketones is 2. The Kier molecular flexibility index (Phi) is 2.27. The molecule has 0 heterocycles. The zero-order chi connectivity index (χ0) is 11.9. The summed E-state index contributed by atoms with van der Waals surface area (Å²) < 4.78 is 5.08. The van der Waals surface area contributed by atoms with E-state index in [1.807, 2.05) is 0 Å². The van der Waals surface area contributed by atoms with Crippen molar-refractivity contribution in [3.05, 3.63) is 34.9 Å². The third-order valence-electron chi connectivity index (χ3n) is 2.60. The average Bonchev–Trinajstić information content (AvgIpc) is 2.26. The van der Waals surface area contributed by atoms with Gasteiger partial charge >= 0.3 is 0 Å². The Labute approximate surface area is 92.2 Å². The highest BCUT2D eigenvalue weighted by atomic mass is 16.5. The molecule has 0 spiro atoms. The van der Waals surface area contributed by atoms with Crippen LogP contribution in [0, 0.1) is 6.92 Å². The predicted molar refractivity (Wildman–Crippen MR) is 57.2 cm³/mol. The molecule has 0 aliphatic heterocycles. The molecule has 4 heteroatoms. The maximum absolute atomic E-state index is 11.7. The number of benzene rings is 1. The van der Waals surface area contributed by atoms with Gasteiger partial charge in [0.05, 0.1) is 12.7 Å². The van der Waals surface area contributed by atoms with Crippen molar-refractivity contribution in [3.63, 3.8) is 0 Å². The van der Waals surface area contributed by atoms with Gasteiger partial charge in [0.2, 0.25) is 0 Å². The van der Waals surface area contributed by atoms with Crippen molar-refractivity contribution >= 4 is 11.6 Å². The van der Waals surface area contributed by atoms with Gasteiger partial charge in [0.15, 0.2) is 11.6 Å². The van der Waals surface area contributed by atoms with Gasteiger partial charge in [-0.1, -0.05) is 0 Å². The van der Waals surface area contributed by atoms with Crippen LogP contribution >= 0.6 is 0 Å². The third kappa shape index (κ3) is 1.31. The monoisotopic (exact) mass is 218 g/mol. The maximum Gasteiger partial charge on any atom is 0.190 e. The lowest BCUT2D eigenvalue weighted by Crippen LogP contribution is -2.13. The number of rotatable bonds is 1. The number of aromatic hydroxyl groups is 1. The minimum Gasteiger partial charge on any atom is -0.508 e. The molecule has 1 aliphatic rings. The molecule has 1 N–H and O–H groups in total. The number of hydrogen-bond donors (Lipinski definition) is 1. The summed E-state index contributed by atoms with van der Waals surface area (Å²) in [4.78, 5) is 23.2. The number of allylic oxidation sites excluding steroid dienone is 2. The van der Waals surface area contributed by atoms with Crippen LogP contribution in [-0.4, -0.2) is 23.8 Å². The first kappa shape index (κ1) is 10.4. The largest absolute Gasteiger partial charge is 0.508 e. The Morgan fingerprint density at radius 2 is 1.81 bits per heavy atom. The topological polar surface area (TPSA) is 63.6 Å². The van der Waals surface area contributed by atoms with Crippen LogP contribution < -0.4 is 4.74 Å². The maximum atomic E-state index is 11.7. The van der Waals surface area contributed by atoms with Crippen LogP contribution in [0.25, 0.3) is 0 Å². The van der Waals surface area contributed by atoms with Gasteiger partial charge in [-0.15, -0.1) is 0 Å². The van der Waals surface area contributed by atoms with E-state index in [2.05, 4.69) is 0 Å². The van der Waals surface area contributed by atoms with E-state index < -0.39 is 0 Å². The first-order valence-corrected chi connectivity index (χ1v) is 4.73. The van der Waals surface area contributed by atoms with Crippen LogP contribution in [0.5, 0.6) is 11.5 Å². The summed E-state index contributed by atoms with van der Waals surface area (Å²) in [6.45, 7) is 1.63. The molecule has 1 aliphatic carbocycles. The number of phenols is 1.